The molecular formula is C17H32N2O2. The summed E-state index contributed by atoms with van der Waals surface area (Å²) in [4.78, 5) is 14.6. The Morgan fingerprint density at radius 1 is 1.29 bits per heavy atom. The first-order valence-corrected chi connectivity index (χ1v) is 8.86. The number of carbonyl (C=O) groups is 1. The number of aliphatic hydroxyl groups is 1. The maximum atomic E-state index is 12.3. The molecule has 122 valence electrons. The highest BCUT2D eigenvalue weighted by Gasteiger charge is 2.40. The number of likely N-dealkylation sites (tertiary alicyclic amines) is 1. The average Bonchev–Trinajstić information content (AvgIpc) is 2.96. The van der Waals surface area contributed by atoms with Crippen LogP contribution in [0, 0.1) is 5.92 Å². The second-order valence-electron chi connectivity index (χ2n) is 6.78. The van der Waals surface area contributed by atoms with Crippen molar-refractivity contribution in [1.29, 1.82) is 0 Å². The maximum absolute atomic E-state index is 12.3. The maximum Gasteiger partial charge on any atom is 0.237 e. The van der Waals surface area contributed by atoms with E-state index in [-0.39, 0.29) is 18.1 Å². The number of rotatable bonds is 6. The van der Waals surface area contributed by atoms with E-state index in [1.807, 2.05) is 6.92 Å². The fourth-order valence-electron chi connectivity index (χ4n) is 4.03. The fraction of sp³-hybridized carbons (Fsp3) is 0.941. The fourth-order valence-corrected chi connectivity index (χ4v) is 4.03. The molecule has 0 radical (unpaired) electrons. The third-order valence-electron chi connectivity index (χ3n) is 5.32. The quantitative estimate of drug-likeness (QED) is 0.740. The van der Waals surface area contributed by atoms with Crippen molar-refractivity contribution in [3.05, 3.63) is 0 Å². The van der Waals surface area contributed by atoms with Gasteiger partial charge in [0.05, 0.1) is 12.1 Å². The van der Waals surface area contributed by atoms with Gasteiger partial charge in [-0.2, -0.15) is 0 Å². The first-order valence-electron chi connectivity index (χ1n) is 8.86. The van der Waals surface area contributed by atoms with E-state index in [0.29, 0.717) is 12.0 Å². The van der Waals surface area contributed by atoms with Crippen molar-refractivity contribution in [2.75, 3.05) is 13.1 Å². The van der Waals surface area contributed by atoms with Crippen LogP contribution in [-0.2, 0) is 4.79 Å². The summed E-state index contributed by atoms with van der Waals surface area (Å²) in [5.41, 5.74) is 0. The highest BCUT2D eigenvalue weighted by Crippen LogP contribution is 2.35. The molecule has 4 nitrogen and oxygen atoms in total. The molecule has 2 rings (SSSR count). The number of amides is 1. The molecule has 2 fully saturated rings. The molecule has 1 aliphatic heterocycles. The molecule has 1 amide bonds. The SMILES string of the molecule is CCCCNC(=O)C(C)N1CCCC1C1CCCCC1O. The van der Waals surface area contributed by atoms with Gasteiger partial charge in [-0.1, -0.05) is 26.2 Å². The first-order chi connectivity index (χ1) is 10.1. The van der Waals surface area contributed by atoms with E-state index in [1.54, 1.807) is 0 Å². The first kappa shape index (κ1) is 16.8. The monoisotopic (exact) mass is 296 g/mol. The van der Waals surface area contributed by atoms with E-state index in [0.717, 1.165) is 58.0 Å². The zero-order chi connectivity index (χ0) is 15.2. The topological polar surface area (TPSA) is 52.6 Å². The Balaban J connectivity index is 1.92. The second-order valence-corrected chi connectivity index (χ2v) is 6.78. The molecule has 1 saturated heterocycles. The minimum Gasteiger partial charge on any atom is -0.393 e. The third kappa shape index (κ3) is 4.19. The number of unbranched alkanes of at least 4 members (excludes halogenated alkanes) is 1. The van der Waals surface area contributed by atoms with Crippen LogP contribution in [0.25, 0.3) is 0 Å². The highest BCUT2D eigenvalue weighted by molar-refractivity contribution is 5.81. The van der Waals surface area contributed by atoms with Gasteiger partial charge in [0.2, 0.25) is 5.91 Å². The van der Waals surface area contributed by atoms with E-state index in [9.17, 15) is 9.90 Å². The van der Waals surface area contributed by atoms with E-state index >= 15 is 0 Å². The van der Waals surface area contributed by atoms with Gasteiger partial charge in [-0.3, -0.25) is 9.69 Å². The molecule has 21 heavy (non-hydrogen) atoms. The number of hydrogen-bond acceptors (Lipinski definition) is 3. The van der Waals surface area contributed by atoms with Gasteiger partial charge < -0.3 is 10.4 Å². The second kappa shape index (κ2) is 8.14. The largest absolute Gasteiger partial charge is 0.393 e. The molecule has 1 heterocycles. The summed E-state index contributed by atoms with van der Waals surface area (Å²) < 4.78 is 0. The Morgan fingerprint density at radius 2 is 2.05 bits per heavy atom. The van der Waals surface area contributed by atoms with E-state index < -0.39 is 0 Å². The smallest absolute Gasteiger partial charge is 0.237 e. The van der Waals surface area contributed by atoms with Crippen molar-refractivity contribution < 1.29 is 9.90 Å². The molecule has 0 spiro atoms. The van der Waals surface area contributed by atoms with Crippen LogP contribution >= 0.6 is 0 Å². The van der Waals surface area contributed by atoms with Gasteiger partial charge in [0, 0.05) is 18.5 Å². The molecule has 0 aromatic rings. The zero-order valence-corrected chi connectivity index (χ0v) is 13.7. The van der Waals surface area contributed by atoms with Gasteiger partial charge in [0.25, 0.3) is 0 Å². The number of aliphatic hydroxyl groups excluding tert-OH is 1. The van der Waals surface area contributed by atoms with Crippen LogP contribution in [0.15, 0.2) is 0 Å². The molecule has 2 N–H and O–H groups in total. The van der Waals surface area contributed by atoms with E-state index in [1.165, 1.54) is 6.42 Å². The molecular weight excluding hydrogens is 264 g/mol. The number of nitrogens with one attached hydrogen (secondary N) is 1. The Hall–Kier alpha value is -0.610. The van der Waals surface area contributed by atoms with Gasteiger partial charge >= 0.3 is 0 Å². The lowest BCUT2D eigenvalue weighted by molar-refractivity contribution is -0.127. The third-order valence-corrected chi connectivity index (χ3v) is 5.32. The lowest BCUT2D eigenvalue weighted by atomic mass is 9.80. The molecule has 4 unspecified atom stereocenters. The summed E-state index contributed by atoms with van der Waals surface area (Å²) in [6.07, 6.45) is 8.70. The Morgan fingerprint density at radius 3 is 2.76 bits per heavy atom. The van der Waals surface area contributed by atoms with E-state index in [2.05, 4.69) is 17.1 Å². The predicted octanol–water partition coefficient (Wildman–Crippen LogP) is 2.31. The number of hydrogen-bond donors (Lipinski definition) is 2. The van der Waals surface area contributed by atoms with Crippen LogP contribution in [0.5, 0.6) is 0 Å². The van der Waals surface area contributed by atoms with Crippen LogP contribution in [0.1, 0.15) is 65.2 Å². The lowest BCUT2D eigenvalue weighted by Gasteiger charge is -2.39. The minimum absolute atomic E-state index is 0.0662. The Bertz CT molecular complexity index is 335. The van der Waals surface area contributed by atoms with Crippen LogP contribution in [0.2, 0.25) is 0 Å². The highest BCUT2D eigenvalue weighted by atomic mass is 16.3. The molecule has 1 aliphatic carbocycles. The van der Waals surface area contributed by atoms with Crippen LogP contribution in [-0.4, -0.2) is 47.2 Å². The van der Waals surface area contributed by atoms with Gasteiger partial charge in [0.15, 0.2) is 0 Å². The summed E-state index contributed by atoms with van der Waals surface area (Å²) in [5.74, 6) is 0.521. The normalized spacial score (nSPS) is 32.0. The average molecular weight is 296 g/mol. The van der Waals surface area contributed by atoms with Gasteiger partial charge in [-0.25, -0.2) is 0 Å². The Kier molecular flexibility index (Phi) is 6.49. The number of nitrogens with zero attached hydrogens (tertiary/aromatic N) is 1. The summed E-state index contributed by atoms with van der Waals surface area (Å²) in [7, 11) is 0. The summed E-state index contributed by atoms with van der Waals surface area (Å²) >= 11 is 0. The van der Waals surface area contributed by atoms with Gasteiger partial charge in [-0.15, -0.1) is 0 Å². The van der Waals surface area contributed by atoms with Gasteiger partial charge in [-0.05, 0) is 45.6 Å². The summed E-state index contributed by atoms with van der Waals surface area (Å²) in [6.45, 7) is 5.94. The number of carbonyl (C=O) groups excluding carboxylic acids is 1. The van der Waals surface area contributed by atoms with Crippen molar-refractivity contribution in [1.82, 2.24) is 10.2 Å². The van der Waals surface area contributed by atoms with Gasteiger partial charge in [0.1, 0.15) is 0 Å². The zero-order valence-electron chi connectivity index (χ0n) is 13.7. The molecule has 4 heteroatoms. The molecule has 0 bridgehead atoms. The van der Waals surface area contributed by atoms with Crippen LogP contribution in [0.3, 0.4) is 0 Å². The van der Waals surface area contributed by atoms with Crippen LogP contribution in [0.4, 0.5) is 0 Å². The standard InChI is InChI=1S/C17H32N2O2/c1-3-4-11-18-17(21)13(2)19-12-7-9-15(19)14-8-5-6-10-16(14)20/h13-16,20H,3-12H2,1-2H3,(H,18,21). The molecule has 1 saturated carbocycles. The van der Waals surface area contributed by atoms with Crippen molar-refractivity contribution in [3.63, 3.8) is 0 Å². The summed E-state index contributed by atoms with van der Waals surface area (Å²) in [5, 5.41) is 13.4. The Labute approximate surface area is 129 Å². The van der Waals surface area contributed by atoms with Crippen molar-refractivity contribution in [2.24, 2.45) is 5.92 Å². The van der Waals surface area contributed by atoms with Crippen molar-refractivity contribution in [2.45, 2.75) is 83.4 Å². The van der Waals surface area contributed by atoms with Crippen molar-refractivity contribution in [3.8, 4) is 0 Å². The molecule has 0 aromatic heterocycles. The minimum atomic E-state index is -0.167. The molecule has 2 aliphatic rings. The van der Waals surface area contributed by atoms with Crippen LogP contribution < -0.4 is 5.32 Å². The van der Waals surface area contributed by atoms with Crippen molar-refractivity contribution >= 4 is 5.91 Å². The molecule has 4 atom stereocenters. The molecule has 0 aromatic carbocycles. The summed E-state index contributed by atoms with van der Waals surface area (Å²) in [6, 6.07) is 0.329. The predicted molar refractivity (Wildman–Crippen MR) is 85.1 cm³/mol. The lowest BCUT2D eigenvalue weighted by Crippen LogP contribution is -2.51. The van der Waals surface area contributed by atoms with E-state index in [4.69, 9.17) is 0 Å².